The predicted molar refractivity (Wildman–Crippen MR) is 99.3 cm³/mol. The first-order valence-electron chi connectivity index (χ1n) is 9.24. The van der Waals surface area contributed by atoms with Gasteiger partial charge < -0.3 is 9.47 Å². The molecule has 2 aliphatic heterocycles. The Kier molecular flexibility index (Phi) is 4.99. The Balaban J connectivity index is 1.39. The van der Waals surface area contributed by atoms with E-state index in [1.807, 2.05) is 23.1 Å². The van der Waals surface area contributed by atoms with Crippen molar-refractivity contribution in [2.45, 2.75) is 12.0 Å². The van der Waals surface area contributed by atoms with E-state index >= 15 is 0 Å². The van der Waals surface area contributed by atoms with E-state index in [1.54, 1.807) is 12.1 Å². The highest BCUT2D eigenvalue weighted by molar-refractivity contribution is 5.71. The molecule has 0 bridgehead atoms. The highest BCUT2D eigenvalue weighted by atomic mass is 19.1. The lowest BCUT2D eigenvalue weighted by Gasteiger charge is -2.44. The van der Waals surface area contributed by atoms with Crippen LogP contribution in [0.1, 0.15) is 5.56 Å². The molecule has 1 amide bonds. The minimum atomic E-state index is -0.327. The molecule has 2 aromatic carbocycles. The van der Waals surface area contributed by atoms with E-state index < -0.39 is 0 Å². The number of ether oxygens (including phenoxy) is 2. The van der Waals surface area contributed by atoms with Gasteiger partial charge in [0.25, 0.3) is 0 Å². The van der Waals surface area contributed by atoms with Crippen molar-refractivity contribution >= 4 is 6.09 Å². The van der Waals surface area contributed by atoms with Crippen LogP contribution in [0.15, 0.2) is 54.6 Å². The van der Waals surface area contributed by atoms with Crippen LogP contribution in [-0.4, -0.2) is 60.8 Å². The zero-order valence-electron chi connectivity index (χ0n) is 15.1. The summed E-state index contributed by atoms with van der Waals surface area (Å²) in [4.78, 5) is 16.4. The summed E-state index contributed by atoms with van der Waals surface area (Å²) in [5.74, 6) is 0.389. The first kappa shape index (κ1) is 17.8. The van der Waals surface area contributed by atoms with Gasteiger partial charge in [-0.1, -0.05) is 30.3 Å². The molecule has 2 saturated heterocycles. The molecule has 0 aromatic heterocycles. The molecule has 27 heavy (non-hydrogen) atoms. The number of hydrogen-bond acceptors (Lipinski definition) is 4. The average Bonchev–Trinajstić information content (AvgIpc) is 3.00. The van der Waals surface area contributed by atoms with Crippen LogP contribution in [0.5, 0.6) is 5.75 Å². The lowest BCUT2D eigenvalue weighted by Crippen LogP contribution is -2.62. The smallest absolute Gasteiger partial charge is 0.410 e. The maximum absolute atomic E-state index is 13.0. The molecular weight excluding hydrogens is 347 g/mol. The van der Waals surface area contributed by atoms with Gasteiger partial charge in [0.1, 0.15) is 24.8 Å². The third-order valence-corrected chi connectivity index (χ3v) is 5.28. The zero-order valence-corrected chi connectivity index (χ0v) is 15.1. The van der Waals surface area contributed by atoms with Gasteiger partial charge in [0, 0.05) is 32.6 Å². The number of nitrogens with zero attached hydrogens (tertiary/aromatic N) is 2. The lowest BCUT2D eigenvalue weighted by molar-refractivity contribution is 0.0449. The maximum atomic E-state index is 13.0. The fourth-order valence-corrected chi connectivity index (χ4v) is 3.93. The summed E-state index contributed by atoms with van der Waals surface area (Å²) in [6.07, 6.45) is 0.558. The molecule has 0 saturated carbocycles. The number of rotatable bonds is 6. The van der Waals surface area contributed by atoms with Crippen LogP contribution in [0.2, 0.25) is 0 Å². The van der Waals surface area contributed by atoms with Gasteiger partial charge in [0.15, 0.2) is 0 Å². The SMILES string of the molecule is O=C1OCC2(Cc3ccccc3)CN(CCOc3ccc(F)cc3)CCN12. The fraction of sp³-hybridized carbons (Fsp3) is 0.381. The number of piperazine rings is 1. The maximum Gasteiger partial charge on any atom is 0.410 e. The summed E-state index contributed by atoms with van der Waals surface area (Å²) in [7, 11) is 0. The second-order valence-corrected chi connectivity index (χ2v) is 7.17. The minimum Gasteiger partial charge on any atom is -0.492 e. The molecule has 1 unspecified atom stereocenters. The molecule has 5 nitrogen and oxygen atoms in total. The largest absolute Gasteiger partial charge is 0.492 e. The second kappa shape index (κ2) is 7.56. The van der Waals surface area contributed by atoms with Crippen LogP contribution in [0.25, 0.3) is 0 Å². The molecule has 6 heteroatoms. The molecule has 2 fully saturated rings. The number of fused-ring (bicyclic) bond motifs is 1. The van der Waals surface area contributed by atoms with E-state index in [0.717, 1.165) is 26.1 Å². The Morgan fingerprint density at radius 3 is 2.63 bits per heavy atom. The Morgan fingerprint density at radius 2 is 1.85 bits per heavy atom. The third-order valence-electron chi connectivity index (χ3n) is 5.28. The Hall–Kier alpha value is -2.60. The number of carbonyl (C=O) groups excluding carboxylic acids is 1. The van der Waals surface area contributed by atoms with Crippen molar-refractivity contribution in [1.29, 1.82) is 0 Å². The molecule has 0 N–H and O–H groups in total. The topological polar surface area (TPSA) is 42.0 Å². The van der Waals surface area contributed by atoms with Gasteiger partial charge in [-0.3, -0.25) is 9.80 Å². The lowest BCUT2D eigenvalue weighted by atomic mass is 9.88. The summed E-state index contributed by atoms with van der Waals surface area (Å²) in [6, 6.07) is 16.3. The average molecular weight is 370 g/mol. The van der Waals surface area contributed by atoms with Gasteiger partial charge in [0.05, 0.1) is 5.54 Å². The third kappa shape index (κ3) is 3.90. The molecule has 142 valence electrons. The van der Waals surface area contributed by atoms with Crippen molar-refractivity contribution in [1.82, 2.24) is 9.80 Å². The van der Waals surface area contributed by atoms with Crippen LogP contribution < -0.4 is 4.74 Å². The van der Waals surface area contributed by atoms with Crippen molar-refractivity contribution in [2.75, 3.05) is 39.4 Å². The van der Waals surface area contributed by atoms with Gasteiger partial charge in [-0.2, -0.15) is 0 Å². The van der Waals surface area contributed by atoms with E-state index in [9.17, 15) is 9.18 Å². The fourth-order valence-electron chi connectivity index (χ4n) is 3.93. The van der Waals surface area contributed by atoms with E-state index in [0.29, 0.717) is 25.5 Å². The molecule has 2 heterocycles. The van der Waals surface area contributed by atoms with Crippen molar-refractivity contribution in [3.63, 3.8) is 0 Å². The first-order chi connectivity index (χ1) is 13.1. The van der Waals surface area contributed by atoms with Crippen LogP contribution in [0.3, 0.4) is 0 Å². The van der Waals surface area contributed by atoms with E-state index in [2.05, 4.69) is 17.0 Å². The molecule has 0 radical (unpaired) electrons. The van der Waals surface area contributed by atoms with E-state index in [-0.39, 0.29) is 17.4 Å². The van der Waals surface area contributed by atoms with E-state index in [1.165, 1.54) is 17.7 Å². The number of halogens is 1. The van der Waals surface area contributed by atoms with Gasteiger partial charge in [-0.15, -0.1) is 0 Å². The highest BCUT2D eigenvalue weighted by Crippen LogP contribution is 2.32. The number of hydrogen-bond donors (Lipinski definition) is 0. The monoisotopic (exact) mass is 370 g/mol. The molecule has 0 spiro atoms. The minimum absolute atomic E-state index is 0.215. The van der Waals surface area contributed by atoms with Gasteiger partial charge in [-0.25, -0.2) is 9.18 Å². The Bertz CT molecular complexity index is 784. The molecule has 1 atom stereocenters. The zero-order chi connectivity index (χ0) is 18.7. The molecule has 4 rings (SSSR count). The summed E-state index contributed by atoms with van der Waals surface area (Å²) >= 11 is 0. The van der Waals surface area contributed by atoms with Crippen molar-refractivity contribution < 1.29 is 18.7 Å². The quantitative estimate of drug-likeness (QED) is 0.784. The number of amides is 1. The van der Waals surface area contributed by atoms with Gasteiger partial charge in [-0.05, 0) is 29.8 Å². The van der Waals surface area contributed by atoms with Gasteiger partial charge in [0.2, 0.25) is 0 Å². The van der Waals surface area contributed by atoms with Crippen molar-refractivity contribution in [3.8, 4) is 5.75 Å². The summed E-state index contributed by atoms with van der Waals surface area (Å²) in [5, 5.41) is 0. The summed E-state index contributed by atoms with van der Waals surface area (Å²) < 4.78 is 24.1. The highest BCUT2D eigenvalue weighted by Gasteiger charge is 2.50. The number of carbonyl (C=O) groups is 1. The first-order valence-corrected chi connectivity index (χ1v) is 9.24. The number of benzene rings is 2. The van der Waals surface area contributed by atoms with Crippen LogP contribution in [0.4, 0.5) is 9.18 Å². The van der Waals surface area contributed by atoms with Crippen LogP contribution >= 0.6 is 0 Å². The molecule has 2 aliphatic rings. The molecular formula is C21H23FN2O3. The Morgan fingerprint density at radius 1 is 1.07 bits per heavy atom. The normalized spacial score (nSPS) is 22.4. The second-order valence-electron chi connectivity index (χ2n) is 7.17. The number of cyclic esters (lactones) is 1. The van der Waals surface area contributed by atoms with Gasteiger partial charge >= 0.3 is 6.09 Å². The van der Waals surface area contributed by atoms with Crippen LogP contribution in [0, 0.1) is 5.82 Å². The Labute approximate surface area is 158 Å². The summed E-state index contributed by atoms with van der Waals surface area (Å²) in [6.45, 7) is 3.87. The van der Waals surface area contributed by atoms with Crippen LogP contribution in [-0.2, 0) is 11.2 Å². The summed E-state index contributed by atoms with van der Waals surface area (Å²) in [5.41, 5.74) is 0.872. The molecule has 0 aliphatic carbocycles. The molecule has 2 aromatic rings. The van der Waals surface area contributed by atoms with Crippen molar-refractivity contribution in [2.24, 2.45) is 0 Å². The van der Waals surface area contributed by atoms with Crippen molar-refractivity contribution in [3.05, 3.63) is 66.0 Å². The van der Waals surface area contributed by atoms with E-state index in [4.69, 9.17) is 9.47 Å². The standard InChI is InChI=1S/C21H23FN2O3/c22-18-6-8-19(9-7-18)26-13-12-23-10-11-24-20(25)27-16-21(24,15-23)14-17-4-2-1-3-5-17/h1-9H,10-16H2. The predicted octanol–water partition coefficient (Wildman–Crippen LogP) is 2.95.